The second kappa shape index (κ2) is 19.2. The predicted molar refractivity (Wildman–Crippen MR) is 255 cm³/mol. The summed E-state index contributed by atoms with van der Waals surface area (Å²) in [4.78, 5) is 0. The van der Waals surface area contributed by atoms with Crippen LogP contribution in [-0.2, 0) is 0 Å². The van der Waals surface area contributed by atoms with Gasteiger partial charge in [-0.15, -0.1) is 0 Å². The number of hydrogen-bond acceptors (Lipinski definition) is 2. The van der Waals surface area contributed by atoms with Crippen molar-refractivity contribution in [2.75, 3.05) is 14.2 Å². The van der Waals surface area contributed by atoms with E-state index in [-0.39, 0.29) is 0 Å². The van der Waals surface area contributed by atoms with Gasteiger partial charge in [0.1, 0.15) is 11.5 Å². The van der Waals surface area contributed by atoms with Gasteiger partial charge in [-0.1, -0.05) is 206 Å². The summed E-state index contributed by atoms with van der Waals surface area (Å²) in [7, 11) is 3.39. The molecule has 0 fully saturated rings. The Kier molecular flexibility index (Phi) is 12.5. The van der Waals surface area contributed by atoms with Gasteiger partial charge in [0.2, 0.25) is 0 Å². The molecule has 0 atom stereocenters. The summed E-state index contributed by atoms with van der Waals surface area (Å²) in [5, 5.41) is 0. The van der Waals surface area contributed by atoms with E-state index in [1.165, 1.54) is 11.1 Å². The van der Waals surface area contributed by atoms with Gasteiger partial charge in [-0.2, -0.15) is 0 Å². The molecular formula is C58H46O2. The van der Waals surface area contributed by atoms with Gasteiger partial charge >= 0.3 is 0 Å². The van der Waals surface area contributed by atoms with E-state index in [9.17, 15) is 0 Å². The monoisotopic (exact) mass is 774 g/mol. The second-order valence-corrected chi connectivity index (χ2v) is 14.5. The lowest BCUT2D eigenvalue weighted by atomic mass is 9.94. The van der Waals surface area contributed by atoms with Crippen molar-refractivity contribution in [3.8, 4) is 22.6 Å². The van der Waals surface area contributed by atoms with Crippen LogP contribution in [0.25, 0.3) is 58.7 Å². The molecule has 0 saturated carbocycles. The lowest BCUT2D eigenvalue weighted by Gasteiger charge is -2.11. The second-order valence-electron chi connectivity index (χ2n) is 14.5. The molecule has 0 unspecified atom stereocenters. The number of benzene rings is 8. The first-order chi connectivity index (χ1) is 29.6. The van der Waals surface area contributed by atoms with E-state index >= 15 is 0 Å². The van der Waals surface area contributed by atoms with Crippen molar-refractivity contribution in [1.82, 2.24) is 0 Å². The van der Waals surface area contributed by atoms with Crippen LogP contribution in [0.1, 0.15) is 55.6 Å². The maximum absolute atomic E-state index is 5.43. The molecule has 0 spiro atoms. The molecule has 8 rings (SSSR count). The number of ether oxygens (including phenoxy) is 2. The minimum atomic E-state index is 0.844. The topological polar surface area (TPSA) is 18.5 Å². The summed E-state index contributed by atoms with van der Waals surface area (Å²) in [6.45, 7) is 0. The Morgan fingerprint density at radius 3 is 0.967 bits per heavy atom. The first kappa shape index (κ1) is 39.2. The van der Waals surface area contributed by atoms with Crippen LogP contribution in [-0.4, -0.2) is 14.2 Å². The Morgan fingerprint density at radius 2 is 0.617 bits per heavy atom. The molecule has 8 aromatic carbocycles. The third kappa shape index (κ3) is 9.70. The van der Waals surface area contributed by atoms with Gasteiger partial charge in [-0.3, -0.25) is 0 Å². The summed E-state index contributed by atoms with van der Waals surface area (Å²) in [5.74, 6) is 1.69. The van der Waals surface area contributed by atoms with Crippen molar-refractivity contribution in [3.63, 3.8) is 0 Å². The van der Waals surface area contributed by atoms with Crippen LogP contribution < -0.4 is 9.47 Å². The molecule has 0 amide bonds. The molecule has 0 aliphatic heterocycles. The van der Waals surface area contributed by atoms with Crippen LogP contribution in [0.15, 0.2) is 206 Å². The van der Waals surface area contributed by atoms with E-state index in [1.54, 1.807) is 14.2 Å². The Morgan fingerprint density at radius 1 is 0.300 bits per heavy atom. The number of hydrogen-bond donors (Lipinski definition) is 0. The molecule has 0 aliphatic rings. The minimum absolute atomic E-state index is 0.844. The van der Waals surface area contributed by atoms with Crippen molar-refractivity contribution >= 4 is 47.6 Å². The van der Waals surface area contributed by atoms with Crippen LogP contribution in [0.3, 0.4) is 0 Å². The Labute approximate surface area is 354 Å². The molecule has 8 aromatic rings. The third-order valence-electron chi connectivity index (χ3n) is 10.6. The van der Waals surface area contributed by atoms with E-state index < -0.39 is 0 Å². The highest BCUT2D eigenvalue weighted by Crippen LogP contribution is 2.31. The van der Waals surface area contributed by atoms with Crippen LogP contribution in [0.4, 0.5) is 0 Å². The van der Waals surface area contributed by atoms with Crippen molar-refractivity contribution < 1.29 is 9.47 Å². The smallest absolute Gasteiger partial charge is 0.118 e. The van der Waals surface area contributed by atoms with Gasteiger partial charge in [-0.05, 0) is 114 Å². The Bertz CT molecular complexity index is 2560. The van der Waals surface area contributed by atoms with E-state index in [1.807, 2.05) is 24.3 Å². The van der Waals surface area contributed by atoms with Crippen molar-refractivity contribution in [1.29, 1.82) is 0 Å². The van der Waals surface area contributed by atoms with Gasteiger partial charge in [0.15, 0.2) is 0 Å². The van der Waals surface area contributed by atoms with Crippen LogP contribution in [0.2, 0.25) is 0 Å². The average molecular weight is 775 g/mol. The fraction of sp³-hybridized carbons (Fsp3) is 0.0345. The van der Waals surface area contributed by atoms with Gasteiger partial charge in [0.25, 0.3) is 0 Å². The minimum Gasteiger partial charge on any atom is -0.497 e. The van der Waals surface area contributed by atoms with E-state index in [0.29, 0.717) is 0 Å². The molecule has 2 heteroatoms. The zero-order chi connectivity index (χ0) is 40.9. The molecule has 60 heavy (non-hydrogen) atoms. The van der Waals surface area contributed by atoms with Gasteiger partial charge in [0.05, 0.1) is 14.2 Å². The summed E-state index contributed by atoms with van der Waals surface area (Å²) in [5.41, 5.74) is 16.2. The first-order valence-electron chi connectivity index (χ1n) is 20.2. The molecule has 0 aromatic heterocycles. The molecule has 0 saturated heterocycles. The van der Waals surface area contributed by atoms with Crippen LogP contribution in [0.5, 0.6) is 11.5 Å². The van der Waals surface area contributed by atoms with E-state index in [2.05, 4.69) is 218 Å². The SMILES string of the molecule is COc1ccc(C(=Cc2ccccc2C=Cc2ccc(-c3ccc(C=Cc4ccccc4C=C(c4ccccc4)c4ccc(OC)cc4)cc3)cc2)c2ccccc2)cc1. The highest BCUT2D eigenvalue weighted by Gasteiger charge is 2.09. The summed E-state index contributed by atoms with van der Waals surface area (Å²) in [6.07, 6.45) is 13.3. The Hall–Kier alpha value is -7.68. The number of rotatable bonds is 13. The fourth-order valence-electron chi connectivity index (χ4n) is 7.29. The standard InChI is InChI=1S/C58H46O2/c1-59-55-37-33-51(34-38-55)57(49-15-5-3-6-16-49)41-53-19-11-9-13-45(53)27-21-43-23-29-47(30-24-43)48-31-25-44(26-32-48)22-28-46-14-10-12-20-54(46)42-58(50-17-7-4-8-18-50)52-35-39-56(60-2)40-36-52/h3-42H,1-2H3. The van der Waals surface area contributed by atoms with Gasteiger partial charge < -0.3 is 9.47 Å². The normalized spacial score (nSPS) is 11.9. The highest BCUT2D eigenvalue weighted by molar-refractivity contribution is 5.94. The average Bonchev–Trinajstić information content (AvgIpc) is 3.33. The van der Waals surface area contributed by atoms with E-state index in [0.717, 1.165) is 78.3 Å². The molecule has 0 bridgehead atoms. The molecule has 0 heterocycles. The summed E-state index contributed by atoms with van der Waals surface area (Å²) in [6, 6.07) is 72.2. The largest absolute Gasteiger partial charge is 0.497 e. The van der Waals surface area contributed by atoms with Crippen LogP contribution in [0, 0.1) is 0 Å². The Balaban J connectivity index is 0.985. The molecule has 0 aliphatic carbocycles. The van der Waals surface area contributed by atoms with Gasteiger partial charge in [-0.25, -0.2) is 0 Å². The maximum Gasteiger partial charge on any atom is 0.118 e. The fourth-order valence-corrected chi connectivity index (χ4v) is 7.29. The van der Waals surface area contributed by atoms with Crippen molar-refractivity contribution in [2.24, 2.45) is 0 Å². The zero-order valence-electron chi connectivity index (χ0n) is 33.9. The lowest BCUT2D eigenvalue weighted by Crippen LogP contribution is -1.90. The molecule has 2 nitrogen and oxygen atoms in total. The lowest BCUT2D eigenvalue weighted by molar-refractivity contribution is 0.414. The summed E-state index contributed by atoms with van der Waals surface area (Å²) >= 11 is 0. The molecular weight excluding hydrogens is 729 g/mol. The quantitative estimate of drug-likeness (QED) is 0.109. The molecule has 0 radical (unpaired) electrons. The highest BCUT2D eigenvalue weighted by atomic mass is 16.5. The number of methoxy groups -OCH3 is 2. The zero-order valence-corrected chi connectivity index (χ0v) is 33.9. The molecule has 0 N–H and O–H groups in total. The third-order valence-corrected chi connectivity index (χ3v) is 10.6. The predicted octanol–water partition coefficient (Wildman–Crippen LogP) is 14.9. The van der Waals surface area contributed by atoms with Crippen molar-refractivity contribution in [2.45, 2.75) is 0 Å². The first-order valence-corrected chi connectivity index (χ1v) is 20.2. The van der Waals surface area contributed by atoms with Crippen LogP contribution >= 0.6 is 0 Å². The molecule has 290 valence electrons. The van der Waals surface area contributed by atoms with Gasteiger partial charge in [0, 0.05) is 0 Å². The van der Waals surface area contributed by atoms with Crippen molar-refractivity contribution in [3.05, 3.63) is 262 Å². The maximum atomic E-state index is 5.43. The van der Waals surface area contributed by atoms with E-state index in [4.69, 9.17) is 9.47 Å². The summed E-state index contributed by atoms with van der Waals surface area (Å²) < 4.78 is 10.9.